The topological polar surface area (TPSA) is 0 Å². The maximum Gasteiger partial charge on any atom is 0.184 e. The molecular weight excluding hydrogens is 239 g/mol. The Kier molecular flexibility index (Phi) is 0.958. The number of benzene rings is 3. The van der Waals surface area contributed by atoms with Gasteiger partial charge in [0.2, 0.25) is 0 Å². The molecule has 3 aromatic carbocycles. The lowest BCUT2D eigenvalue weighted by molar-refractivity contribution is 1.24. The van der Waals surface area contributed by atoms with Crippen LogP contribution in [0.5, 0.6) is 0 Å². The Morgan fingerprint density at radius 2 is 1.75 bits per heavy atom. The van der Waals surface area contributed by atoms with Crippen molar-refractivity contribution in [3.05, 3.63) is 77.1 Å². The fourth-order valence-corrected chi connectivity index (χ4v) is 2.31. The highest BCUT2D eigenvalue weighted by Gasteiger charge is 2.24. The van der Waals surface area contributed by atoms with Gasteiger partial charge in [0.15, 0.2) is 6.71 Å². The molecule has 0 spiro atoms. The molecule has 0 unspecified atom stereocenters. The molecule has 1 heteroatoms. The fourth-order valence-electron chi connectivity index (χ4n) is 2.31. The van der Waals surface area contributed by atoms with Crippen LogP contribution in [0.15, 0.2) is 60.4 Å². The standard InChI is InChI=1S/C19H17B/c1-14-10-15-6-5-7-16-12-20(13-17(11-14)19(15)16)18-8-3-2-4-9-18/h2-11H,12-13H2,1H3/i2D,3D,4D,5D,6D,7D,8D,9D,10D,11D,12D2,13D2. The van der Waals surface area contributed by atoms with Crippen molar-refractivity contribution >= 4 is 22.9 Å². The fraction of sp³-hybridized carbons (Fsp3) is 0.158. The van der Waals surface area contributed by atoms with E-state index in [1.54, 1.807) is 0 Å². The van der Waals surface area contributed by atoms with Crippen molar-refractivity contribution in [2.45, 2.75) is 19.5 Å². The summed E-state index contributed by atoms with van der Waals surface area (Å²) in [5.41, 5.74) is -1.63. The van der Waals surface area contributed by atoms with Gasteiger partial charge in [0.05, 0.1) is 13.7 Å². The Balaban J connectivity index is 2.31. The number of hydrogen-bond acceptors (Lipinski definition) is 0. The molecule has 0 bridgehead atoms. The molecule has 20 heavy (non-hydrogen) atoms. The summed E-state index contributed by atoms with van der Waals surface area (Å²) in [5.74, 6) is 0. The Morgan fingerprint density at radius 1 is 0.950 bits per heavy atom. The van der Waals surface area contributed by atoms with E-state index in [1.165, 1.54) is 6.92 Å². The normalized spacial score (nSPS) is 28.8. The summed E-state index contributed by atoms with van der Waals surface area (Å²) in [6, 6.07) is -6.72. The van der Waals surface area contributed by atoms with Gasteiger partial charge in [-0.15, -0.1) is 0 Å². The van der Waals surface area contributed by atoms with E-state index >= 15 is 0 Å². The third-order valence-corrected chi connectivity index (χ3v) is 3.14. The van der Waals surface area contributed by atoms with Crippen LogP contribution in [0.1, 0.15) is 35.9 Å². The molecule has 0 radical (unpaired) electrons. The quantitative estimate of drug-likeness (QED) is 0.591. The largest absolute Gasteiger partial charge is 0.184 e. The van der Waals surface area contributed by atoms with Crippen LogP contribution < -0.4 is 5.46 Å². The lowest BCUT2D eigenvalue weighted by Crippen LogP contribution is -2.37. The SMILES string of the molecule is [2H]c1c([2H])c([2H])c(B2C([2H])([2H])c3c([2H])c([2H])c([2H])c4c([2H])c(C)c([2H])c(c34)C2([2H])[2H])c([2H])c1[2H]. The summed E-state index contributed by atoms with van der Waals surface area (Å²) >= 11 is 0. The molecule has 1 heterocycles. The van der Waals surface area contributed by atoms with Crippen LogP contribution in [-0.4, -0.2) is 6.71 Å². The maximum atomic E-state index is 8.92. The van der Waals surface area contributed by atoms with E-state index in [4.69, 9.17) is 19.2 Å². The van der Waals surface area contributed by atoms with Crippen LogP contribution in [0.2, 0.25) is 0 Å². The van der Waals surface area contributed by atoms with Gasteiger partial charge in [0.25, 0.3) is 0 Å². The molecule has 0 saturated carbocycles. The summed E-state index contributed by atoms with van der Waals surface area (Å²) in [6.07, 6.45) is -5.72. The van der Waals surface area contributed by atoms with Gasteiger partial charge in [-0.2, -0.15) is 0 Å². The minimum atomic E-state index is -2.89. The molecular formula is C19H17B. The predicted octanol–water partition coefficient (Wildman–Crippen LogP) is 3.73. The molecule has 0 N–H and O–H groups in total. The van der Waals surface area contributed by atoms with Crippen molar-refractivity contribution in [3.8, 4) is 0 Å². The van der Waals surface area contributed by atoms with Gasteiger partial charge < -0.3 is 0 Å². The zero-order valence-corrected chi connectivity index (χ0v) is 10.6. The number of hydrogen-bond donors (Lipinski definition) is 0. The van der Waals surface area contributed by atoms with Gasteiger partial charge in [0, 0.05) is 5.48 Å². The molecule has 0 aromatic heterocycles. The monoisotopic (exact) mass is 270 g/mol. The van der Waals surface area contributed by atoms with E-state index in [0.29, 0.717) is 0 Å². The van der Waals surface area contributed by atoms with Gasteiger partial charge in [-0.3, -0.25) is 0 Å². The lowest BCUT2D eigenvalue weighted by Gasteiger charge is -2.24. The average Bonchev–Trinajstić information content (AvgIpc) is 2.74. The average molecular weight is 270 g/mol. The second-order valence-electron chi connectivity index (χ2n) is 4.51. The predicted molar refractivity (Wildman–Crippen MR) is 87.9 cm³/mol. The first-order valence-electron chi connectivity index (χ1n) is 13.1. The van der Waals surface area contributed by atoms with Crippen LogP contribution in [-0.2, 0) is 12.5 Å². The molecule has 0 aliphatic carbocycles. The summed E-state index contributed by atoms with van der Waals surface area (Å²) < 4.78 is 118. The molecule has 0 atom stereocenters. The van der Waals surface area contributed by atoms with Crippen LogP contribution in [0.4, 0.5) is 0 Å². The van der Waals surface area contributed by atoms with Gasteiger partial charge in [-0.1, -0.05) is 71.5 Å². The molecule has 1 aliphatic rings. The Bertz CT molecular complexity index is 1330. The molecule has 1 aliphatic heterocycles. The summed E-state index contributed by atoms with van der Waals surface area (Å²) in [7, 11) is 0. The highest BCUT2D eigenvalue weighted by Crippen LogP contribution is 2.30. The first-order chi connectivity index (χ1) is 15.5. The van der Waals surface area contributed by atoms with Crippen LogP contribution in [0, 0.1) is 6.92 Å². The second-order valence-corrected chi connectivity index (χ2v) is 4.51. The van der Waals surface area contributed by atoms with Crippen molar-refractivity contribution in [3.63, 3.8) is 0 Å². The van der Waals surface area contributed by atoms with E-state index in [-0.39, 0.29) is 22.4 Å². The maximum absolute atomic E-state index is 8.92. The van der Waals surface area contributed by atoms with Gasteiger partial charge in [-0.05, 0) is 41.4 Å². The van der Waals surface area contributed by atoms with Crippen molar-refractivity contribution < 1.29 is 19.2 Å². The summed E-state index contributed by atoms with van der Waals surface area (Å²) in [6.45, 7) is -0.721. The molecule has 3 aromatic rings. The molecule has 0 fully saturated rings. The van der Waals surface area contributed by atoms with E-state index in [1.807, 2.05) is 0 Å². The summed E-state index contributed by atoms with van der Waals surface area (Å²) in [5, 5.41) is -0.572. The van der Waals surface area contributed by atoms with Crippen LogP contribution >= 0.6 is 0 Å². The van der Waals surface area contributed by atoms with Crippen molar-refractivity contribution in [2.24, 2.45) is 0 Å². The first-order valence-corrected chi connectivity index (χ1v) is 6.12. The Labute approximate surface area is 140 Å². The van der Waals surface area contributed by atoms with Gasteiger partial charge >= 0.3 is 0 Å². The number of rotatable bonds is 1. The highest BCUT2D eigenvalue weighted by molar-refractivity contribution is 6.73. The first kappa shape index (κ1) is 4.24. The van der Waals surface area contributed by atoms with E-state index in [0.717, 1.165) is 0 Å². The zero-order chi connectivity index (χ0) is 25.8. The smallest absolute Gasteiger partial charge is 0.0794 e. The third kappa shape index (κ3) is 1.86. The van der Waals surface area contributed by atoms with E-state index < -0.39 is 90.2 Å². The Morgan fingerprint density at radius 3 is 2.60 bits per heavy atom. The molecule has 96 valence electrons. The van der Waals surface area contributed by atoms with E-state index in [9.17, 15) is 0 Å². The summed E-state index contributed by atoms with van der Waals surface area (Å²) in [4.78, 5) is 0. The van der Waals surface area contributed by atoms with Crippen molar-refractivity contribution in [1.82, 2.24) is 0 Å². The van der Waals surface area contributed by atoms with Gasteiger partial charge in [0.1, 0.15) is 0 Å². The molecule has 0 amide bonds. The molecule has 4 rings (SSSR count). The third-order valence-electron chi connectivity index (χ3n) is 3.14. The van der Waals surface area contributed by atoms with Crippen molar-refractivity contribution in [2.75, 3.05) is 0 Å². The Hall–Kier alpha value is -2.02. The van der Waals surface area contributed by atoms with Crippen LogP contribution in [0.3, 0.4) is 0 Å². The highest BCUT2D eigenvalue weighted by atomic mass is 14.1. The van der Waals surface area contributed by atoms with Gasteiger partial charge in [-0.25, -0.2) is 0 Å². The molecule has 0 saturated heterocycles. The lowest BCUT2D eigenvalue weighted by atomic mass is 9.37. The zero-order valence-electron chi connectivity index (χ0n) is 24.6. The minimum Gasteiger partial charge on any atom is -0.0794 e. The molecule has 0 nitrogen and oxygen atoms in total. The van der Waals surface area contributed by atoms with Crippen molar-refractivity contribution in [1.29, 1.82) is 0 Å². The second kappa shape index (κ2) is 4.52. The minimum absolute atomic E-state index is 0.0229. The van der Waals surface area contributed by atoms with E-state index in [2.05, 4.69) is 0 Å². The van der Waals surface area contributed by atoms with Crippen LogP contribution in [0.25, 0.3) is 10.8 Å².